The third-order valence-electron chi connectivity index (χ3n) is 3.20. The van der Waals surface area contributed by atoms with Gasteiger partial charge in [0, 0.05) is 25.5 Å². The molecular weight excluding hydrogens is 309 g/mol. The average Bonchev–Trinajstić information content (AvgIpc) is 2.46. The normalized spacial score (nSPS) is 11.7. The highest BCUT2D eigenvalue weighted by Gasteiger charge is 2.30. The van der Waals surface area contributed by atoms with Gasteiger partial charge in [0.25, 0.3) is 0 Å². The molecule has 4 nitrogen and oxygen atoms in total. The summed E-state index contributed by atoms with van der Waals surface area (Å²) in [6.07, 6.45) is -1.58. The minimum Gasteiger partial charge on any atom is -0.478 e. The molecular formula is C16H15F3N2O2. The van der Waals surface area contributed by atoms with E-state index in [4.69, 9.17) is 5.11 Å². The molecule has 0 unspecified atom stereocenters. The van der Waals surface area contributed by atoms with Crippen LogP contribution in [0.4, 0.5) is 13.2 Å². The second-order valence-electron chi connectivity index (χ2n) is 5.26. The number of carbonyl (C=O) groups is 1. The highest BCUT2D eigenvalue weighted by molar-refractivity contribution is 5.87. The zero-order chi connectivity index (χ0) is 17.0. The number of pyridine rings is 1. The Balaban J connectivity index is 2.06. The molecule has 2 rings (SSSR count). The van der Waals surface area contributed by atoms with Crippen LogP contribution in [0.3, 0.4) is 0 Å². The molecule has 0 saturated carbocycles. The molecule has 0 atom stereocenters. The van der Waals surface area contributed by atoms with E-state index in [0.717, 1.165) is 12.1 Å². The van der Waals surface area contributed by atoms with Crippen LogP contribution in [0.25, 0.3) is 0 Å². The first kappa shape index (κ1) is 17.0. The van der Waals surface area contributed by atoms with Crippen LogP contribution < -0.4 is 0 Å². The van der Waals surface area contributed by atoms with Crippen molar-refractivity contribution in [3.05, 3.63) is 65.0 Å². The molecule has 23 heavy (non-hydrogen) atoms. The second kappa shape index (κ2) is 6.78. The summed E-state index contributed by atoms with van der Waals surface area (Å²) in [4.78, 5) is 16.5. The van der Waals surface area contributed by atoms with E-state index in [2.05, 4.69) is 4.98 Å². The van der Waals surface area contributed by atoms with Gasteiger partial charge in [-0.1, -0.05) is 18.2 Å². The van der Waals surface area contributed by atoms with Gasteiger partial charge in [-0.05, 0) is 30.3 Å². The molecule has 0 radical (unpaired) electrons. The third-order valence-corrected chi connectivity index (χ3v) is 3.20. The molecule has 0 aliphatic rings. The molecule has 7 heteroatoms. The number of nitrogens with zero attached hydrogens (tertiary/aromatic N) is 2. The van der Waals surface area contributed by atoms with Gasteiger partial charge in [0.2, 0.25) is 0 Å². The number of carboxylic acid groups (broad SMARTS) is 1. The molecule has 122 valence electrons. The van der Waals surface area contributed by atoms with Crippen LogP contribution in [0.5, 0.6) is 0 Å². The average molecular weight is 324 g/mol. The van der Waals surface area contributed by atoms with E-state index in [9.17, 15) is 18.0 Å². The summed E-state index contributed by atoms with van der Waals surface area (Å²) in [7, 11) is 1.74. The summed E-state index contributed by atoms with van der Waals surface area (Å²) in [5.41, 5.74) is 0.608. The van der Waals surface area contributed by atoms with E-state index in [1.807, 2.05) is 0 Å². The third kappa shape index (κ3) is 4.79. The summed E-state index contributed by atoms with van der Waals surface area (Å²) < 4.78 is 38.1. The van der Waals surface area contributed by atoms with Gasteiger partial charge < -0.3 is 5.11 Å². The lowest BCUT2D eigenvalue weighted by atomic mass is 10.1. The van der Waals surface area contributed by atoms with Crippen molar-refractivity contribution in [3.63, 3.8) is 0 Å². The molecule has 0 aliphatic heterocycles. The molecule has 0 bridgehead atoms. The molecule has 2 aromatic rings. The largest absolute Gasteiger partial charge is 0.478 e. The van der Waals surface area contributed by atoms with Gasteiger partial charge in [-0.2, -0.15) is 13.2 Å². The topological polar surface area (TPSA) is 53.4 Å². The minimum atomic E-state index is -4.37. The fourth-order valence-electron chi connectivity index (χ4n) is 2.22. The van der Waals surface area contributed by atoms with Crippen molar-refractivity contribution in [2.75, 3.05) is 7.05 Å². The first-order valence-corrected chi connectivity index (χ1v) is 6.77. The molecule has 0 spiro atoms. The first-order chi connectivity index (χ1) is 10.8. The number of hydrogen-bond donors (Lipinski definition) is 1. The van der Waals surface area contributed by atoms with Crippen LogP contribution in [0.1, 0.15) is 27.0 Å². The van der Waals surface area contributed by atoms with Crippen molar-refractivity contribution >= 4 is 5.97 Å². The fraction of sp³-hybridized carbons (Fsp3) is 0.250. The van der Waals surface area contributed by atoms with Crippen LogP contribution >= 0.6 is 0 Å². The smallest absolute Gasteiger partial charge is 0.416 e. The van der Waals surface area contributed by atoms with Crippen LogP contribution in [-0.4, -0.2) is 28.0 Å². The van der Waals surface area contributed by atoms with E-state index in [0.29, 0.717) is 24.2 Å². The summed E-state index contributed by atoms with van der Waals surface area (Å²) >= 11 is 0. The van der Waals surface area contributed by atoms with Crippen molar-refractivity contribution in [2.24, 2.45) is 0 Å². The highest BCUT2D eigenvalue weighted by atomic mass is 19.4. The maximum Gasteiger partial charge on any atom is 0.416 e. The standard InChI is InChI=1S/C16H15F3N2O2/c1-21(10-12-5-13(15(22)23)8-20-7-12)9-11-3-2-4-14(6-11)16(17,18)19/h2-8H,9-10H2,1H3,(H,22,23). The minimum absolute atomic E-state index is 0.0787. The maximum atomic E-state index is 12.7. The number of carboxylic acids is 1. The lowest BCUT2D eigenvalue weighted by Gasteiger charge is -2.17. The number of aromatic nitrogens is 1. The Morgan fingerprint density at radius 3 is 2.52 bits per heavy atom. The van der Waals surface area contributed by atoms with Crippen molar-refractivity contribution < 1.29 is 23.1 Å². The Kier molecular flexibility index (Phi) is 5.00. The van der Waals surface area contributed by atoms with Crippen LogP contribution in [0.2, 0.25) is 0 Å². The van der Waals surface area contributed by atoms with Crippen molar-refractivity contribution in [1.82, 2.24) is 9.88 Å². The van der Waals surface area contributed by atoms with Gasteiger partial charge >= 0.3 is 12.1 Å². The Labute approximate surface area is 131 Å². The molecule has 1 aromatic heterocycles. The summed E-state index contributed by atoms with van der Waals surface area (Å²) in [6.45, 7) is 0.686. The highest BCUT2D eigenvalue weighted by Crippen LogP contribution is 2.29. The number of alkyl halides is 3. The predicted octanol–water partition coefficient (Wildman–Crippen LogP) is 3.43. The van der Waals surface area contributed by atoms with Crippen molar-refractivity contribution in [2.45, 2.75) is 19.3 Å². The Morgan fingerprint density at radius 2 is 1.87 bits per heavy atom. The van der Waals surface area contributed by atoms with Gasteiger partial charge in [-0.15, -0.1) is 0 Å². The van der Waals surface area contributed by atoms with E-state index in [-0.39, 0.29) is 5.56 Å². The van der Waals surface area contributed by atoms with Gasteiger partial charge in [-0.3, -0.25) is 9.88 Å². The fourth-order valence-corrected chi connectivity index (χ4v) is 2.22. The second-order valence-corrected chi connectivity index (χ2v) is 5.26. The summed E-state index contributed by atoms with van der Waals surface area (Å²) in [5.74, 6) is -1.07. The zero-order valence-corrected chi connectivity index (χ0v) is 12.3. The number of benzene rings is 1. The summed E-state index contributed by atoms with van der Waals surface area (Å²) in [5, 5.41) is 8.93. The van der Waals surface area contributed by atoms with Gasteiger partial charge in [0.15, 0.2) is 0 Å². The molecule has 1 heterocycles. The molecule has 0 amide bonds. The number of halogens is 3. The number of hydrogen-bond acceptors (Lipinski definition) is 3. The van der Waals surface area contributed by atoms with Crippen molar-refractivity contribution in [3.8, 4) is 0 Å². The van der Waals surface area contributed by atoms with Gasteiger partial charge in [0.1, 0.15) is 0 Å². The SMILES string of the molecule is CN(Cc1cncc(C(=O)O)c1)Cc1cccc(C(F)(F)F)c1. The lowest BCUT2D eigenvalue weighted by molar-refractivity contribution is -0.137. The van der Waals surface area contributed by atoms with E-state index < -0.39 is 17.7 Å². The number of rotatable bonds is 5. The first-order valence-electron chi connectivity index (χ1n) is 6.77. The van der Waals surface area contributed by atoms with E-state index >= 15 is 0 Å². The monoisotopic (exact) mass is 324 g/mol. The molecule has 0 saturated heterocycles. The van der Waals surface area contributed by atoms with Crippen LogP contribution in [0.15, 0.2) is 42.7 Å². The molecule has 1 N–H and O–H groups in total. The Hall–Kier alpha value is -2.41. The maximum absolute atomic E-state index is 12.7. The molecule has 0 fully saturated rings. The Morgan fingerprint density at radius 1 is 1.17 bits per heavy atom. The van der Waals surface area contributed by atoms with Gasteiger partial charge in [0.05, 0.1) is 11.1 Å². The van der Waals surface area contributed by atoms with Crippen molar-refractivity contribution in [1.29, 1.82) is 0 Å². The Bertz CT molecular complexity index is 702. The van der Waals surface area contributed by atoms with Crippen LogP contribution in [0, 0.1) is 0 Å². The number of aromatic carboxylic acids is 1. The van der Waals surface area contributed by atoms with E-state index in [1.54, 1.807) is 18.0 Å². The lowest BCUT2D eigenvalue weighted by Crippen LogP contribution is -2.18. The van der Waals surface area contributed by atoms with Gasteiger partial charge in [-0.25, -0.2) is 4.79 Å². The molecule has 1 aromatic carbocycles. The zero-order valence-electron chi connectivity index (χ0n) is 12.3. The summed E-state index contributed by atoms with van der Waals surface area (Å²) in [6, 6.07) is 6.64. The molecule has 0 aliphatic carbocycles. The van der Waals surface area contributed by atoms with Crippen LogP contribution in [-0.2, 0) is 19.3 Å². The van der Waals surface area contributed by atoms with E-state index in [1.165, 1.54) is 24.5 Å². The predicted molar refractivity (Wildman–Crippen MR) is 77.8 cm³/mol. The quantitative estimate of drug-likeness (QED) is 0.915.